The lowest BCUT2D eigenvalue weighted by atomic mass is 9.96. The number of thiophene rings is 1. The Morgan fingerprint density at radius 3 is 2.35 bits per heavy atom. The number of halogens is 1. The molecule has 1 saturated heterocycles. The number of amides is 1. The van der Waals surface area contributed by atoms with Crippen molar-refractivity contribution in [2.75, 3.05) is 19.7 Å². The zero-order chi connectivity index (χ0) is 39.5. The Bertz CT molecular complexity index is 2060. The number of hydrogen-bond donors (Lipinski definition) is 1. The minimum absolute atomic E-state index is 0.135. The topological polar surface area (TPSA) is 134 Å². The highest BCUT2D eigenvalue weighted by atomic mass is 32.1. The second kappa shape index (κ2) is 19.0. The van der Waals surface area contributed by atoms with Crippen molar-refractivity contribution in [3.05, 3.63) is 112 Å². The average molecular weight is 789 g/mol. The zero-order valence-corrected chi connectivity index (χ0v) is 33.3. The summed E-state index contributed by atoms with van der Waals surface area (Å²) in [5.41, 5.74) is 3.14. The molecule has 0 radical (unpaired) electrons. The number of aromatic nitrogens is 3. The number of hydrogen-bond acceptors (Lipinski definition) is 12. The number of carbonyl (C=O) groups is 3. The largest absolute Gasteiger partial charge is 0.462 e. The average Bonchev–Trinajstić information content (AvgIpc) is 3.83. The molecule has 55 heavy (non-hydrogen) atoms. The maximum atomic E-state index is 13.4. The number of nitrogens with zero attached hydrogens (tertiary/aromatic N) is 4. The molecular weight excluding hydrogens is 744 g/mol. The molecule has 290 valence electrons. The normalized spacial score (nSPS) is 14.1. The fourth-order valence-electron chi connectivity index (χ4n) is 5.72. The van der Waals surface area contributed by atoms with E-state index in [4.69, 9.17) is 18.6 Å². The first kappa shape index (κ1) is 41.1. The molecule has 0 aliphatic carbocycles. The van der Waals surface area contributed by atoms with Crippen molar-refractivity contribution in [3.63, 3.8) is 0 Å². The lowest BCUT2D eigenvalue weighted by molar-refractivity contribution is 0.0220. The van der Waals surface area contributed by atoms with Crippen LogP contribution in [0.5, 0.6) is 0 Å². The number of benzene rings is 2. The van der Waals surface area contributed by atoms with Gasteiger partial charge in [-0.05, 0) is 88.8 Å². The van der Waals surface area contributed by atoms with E-state index in [0.29, 0.717) is 57.1 Å². The van der Waals surface area contributed by atoms with Crippen LogP contribution in [0.15, 0.2) is 77.3 Å². The highest BCUT2D eigenvalue weighted by molar-refractivity contribution is 7.81. The van der Waals surface area contributed by atoms with Crippen LogP contribution >= 0.6 is 24.0 Å². The highest BCUT2D eigenvalue weighted by Gasteiger charge is 2.28. The van der Waals surface area contributed by atoms with Gasteiger partial charge in [-0.15, -0.1) is 21.5 Å². The Labute approximate surface area is 329 Å². The van der Waals surface area contributed by atoms with Crippen LogP contribution in [0, 0.1) is 12.7 Å². The van der Waals surface area contributed by atoms with Gasteiger partial charge in [-0.25, -0.2) is 18.8 Å². The minimum atomic E-state index is -0.570. The van der Waals surface area contributed by atoms with Gasteiger partial charge >= 0.3 is 18.0 Å². The fourth-order valence-corrected chi connectivity index (χ4v) is 7.07. The van der Waals surface area contributed by atoms with Gasteiger partial charge in [-0.3, -0.25) is 4.98 Å². The van der Waals surface area contributed by atoms with Gasteiger partial charge in [0, 0.05) is 41.9 Å². The molecule has 1 atom stereocenters. The molecule has 14 heteroatoms. The van der Waals surface area contributed by atoms with Crippen molar-refractivity contribution in [1.29, 1.82) is 0 Å². The molecule has 11 nitrogen and oxygen atoms in total. The number of thiol groups is 1. The Morgan fingerprint density at radius 2 is 1.69 bits per heavy atom. The number of aryl methyl sites for hydroxylation is 3. The van der Waals surface area contributed by atoms with Gasteiger partial charge in [0.1, 0.15) is 22.9 Å². The molecule has 0 bridgehead atoms. The van der Waals surface area contributed by atoms with Gasteiger partial charge in [-0.2, -0.15) is 12.6 Å². The third-order valence-electron chi connectivity index (χ3n) is 8.27. The molecule has 1 aliphatic rings. The molecule has 1 aliphatic heterocycles. The molecule has 6 rings (SSSR count). The maximum Gasteiger partial charge on any atom is 0.410 e. The van der Waals surface area contributed by atoms with Gasteiger partial charge < -0.3 is 23.5 Å². The predicted molar refractivity (Wildman–Crippen MR) is 211 cm³/mol. The number of ether oxygens (including phenoxy) is 3. The van der Waals surface area contributed by atoms with Crippen molar-refractivity contribution in [3.8, 4) is 21.9 Å². The van der Waals surface area contributed by atoms with Crippen molar-refractivity contribution in [1.82, 2.24) is 20.1 Å². The molecular formula is C41H45FN4O7S2. The van der Waals surface area contributed by atoms with E-state index in [0.717, 1.165) is 30.5 Å². The van der Waals surface area contributed by atoms with Crippen LogP contribution in [0.2, 0.25) is 0 Å². The summed E-state index contributed by atoms with van der Waals surface area (Å²) in [5, 5.41) is 8.53. The van der Waals surface area contributed by atoms with Gasteiger partial charge in [0.15, 0.2) is 0 Å². The van der Waals surface area contributed by atoms with E-state index in [1.54, 1.807) is 43.0 Å². The van der Waals surface area contributed by atoms with Crippen molar-refractivity contribution >= 4 is 42.0 Å². The van der Waals surface area contributed by atoms with Crippen molar-refractivity contribution in [2.45, 2.75) is 77.8 Å². The van der Waals surface area contributed by atoms with Crippen LogP contribution < -0.4 is 0 Å². The Balaban J connectivity index is 0.000000350. The van der Waals surface area contributed by atoms with E-state index in [9.17, 15) is 18.8 Å². The first-order chi connectivity index (χ1) is 26.3. The standard InChI is InChI=1S/C31H26FN3O5S.C10H19NO2S/c1-3-38-30(36)23-17-33-24(14-11-20-9-12-22(32)13-10-20)28(29-35-34-19(2)40-29)27(23)25-15-16-26(41-25)31(37)39-18-21-7-5-4-6-8-21;1-10(2,3)13-9(12)11-6-4-5-8(14)7-11/h4-10,12-13,15-17H,3,11,14,18H2,1-2H3;8,14H,4-7H2,1-3H3. The summed E-state index contributed by atoms with van der Waals surface area (Å²) >= 11 is 5.55. The maximum absolute atomic E-state index is 13.4. The second-order valence-corrected chi connectivity index (χ2v) is 15.6. The number of carbonyl (C=O) groups excluding carboxylic acids is 3. The summed E-state index contributed by atoms with van der Waals surface area (Å²) in [6.45, 7) is 10.8. The lowest BCUT2D eigenvalue weighted by Crippen LogP contribution is -2.43. The molecule has 1 fully saturated rings. The van der Waals surface area contributed by atoms with Crippen LogP contribution in [0.1, 0.15) is 83.3 Å². The second-order valence-electron chi connectivity index (χ2n) is 13.8. The van der Waals surface area contributed by atoms with E-state index in [2.05, 4.69) is 27.8 Å². The summed E-state index contributed by atoms with van der Waals surface area (Å²) in [4.78, 5) is 45.0. The van der Waals surface area contributed by atoms with Crippen molar-refractivity contribution in [2.24, 2.45) is 0 Å². The Kier molecular flexibility index (Phi) is 14.2. The highest BCUT2D eigenvalue weighted by Crippen LogP contribution is 2.40. The minimum Gasteiger partial charge on any atom is -0.462 e. The molecule has 1 amide bonds. The molecule has 2 aromatic carbocycles. The molecule has 0 saturated carbocycles. The first-order valence-electron chi connectivity index (χ1n) is 18.0. The molecule has 0 N–H and O–H groups in total. The van der Waals surface area contributed by atoms with Crippen molar-refractivity contribution < 1.29 is 37.4 Å². The quantitative estimate of drug-likeness (QED) is 0.0831. The van der Waals surface area contributed by atoms with Gasteiger partial charge in [0.25, 0.3) is 0 Å². The fraction of sp³-hybridized carbons (Fsp3) is 0.366. The predicted octanol–water partition coefficient (Wildman–Crippen LogP) is 8.94. The molecule has 0 spiro atoms. The molecule has 1 unspecified atom stereocenters. The summed E-state index contributed by atoms with van der Waals surface area (Å²) in [6, 6.07) is 19.0. The van der Waals surface area contributed by atoms with E-state index < -0.39 is 17.5 Å². The molecule has 3 aromatic heterocycles. The number of rotatable bonds is 10. The van der Waals surface area contributed by atoms with Crippen LogP contribution in [0.3, 0.4) is 0 Å². The lowest BCUT2D eigenvalue weighted by Gasteiger charge is -2.32. The third-order valence-corrected chi connectivity index (χ3v) is 9.78. The number of pyridine rings is 1. The Hall–Kier alpha value is -5.08. The van der Waals surface area contributed by atoms with E-state index in [-0.39, 0.29) is 36.6 Å². The smallest absolute Gasteiger partial charge is 0.410 e. The monoisotopic (exact) mass is 788 g/mol. The van der Waals surface area contributed by atoms with Crippen LogP contribution in [0.4, 0.5) is 9.18 Å². The van der Waals surface area contributed by atoms with Crippen LogP contribution in [-0.2, 0) is 33.7 Å². The summed E-state index contributed by atoms with van der Waals surface area (Å²) in [5.74, 6) is -0.839. The Morgan fingerprint density at radius 1 is 0.945 bits per heavy atom. The van der Waals surface area contributed by atoms with Crippen LogP contribution in [0.25, 0.3) is 21.9 Å². The number of piperidine rings is 1. The van der Waals surface area contributed by atoms with Gasteiger partial charge in [0.2, 0.25) is 11.8 Å². The van der Waals surface area contributed by atoms with E-state index in [1.165, 1.54) is 29.7 Å². The number of likely N-dealkylation sites (tertiary alicyclic amines) is 1. The molecule has 4 heterocycles. The first-order valence-corrected chi connectivity index (χ1v) is 19.4. The SMILES string of the molecule is CC(C)(C)OC(=O)N1CCCC(S)C1.CCOC(=O)c1cnc(CCc2ccc(F)cc2)c(-c2nnc(C)o2)c1-c1ccc(C(=O)OCc2ccccc2)s1. The summed E-state index contributed by atoms with van der Waals surface area (Å²) in [6.07, 6.45) is 4.35. The van der Waals surface area contributed by atoms with Gasteiger partial charge in [0.05, 0.1) is 23.4 Å². The number of esters is 2. The zero-order valence-electron chi connectivity index (χ0n) is 31.5. The molecule has 5 aromatic rings. The van der Waals surface area contributed by atoms with E-state index >= 15 is 0 Å². The van der Waals surface area contributed by atoms with Crippen LogP contribution in [-0.4, -0.2) is 68.7 Å². The summed E-state index contributed by atoms with van der Waals surface area (Å²) < 4.78 is 35.4. The van der Waals surface area contributed by atoms with Gasteiger partial charge in [-0.1, -0.05) is 42.5 Å². The van der Waals surface area contributed by atoms with E-state index in [1.807, 2.05) is 51.1 Å². The third kappa shape index (κ3) is 11.7. The summed E-state index contributed by atoms with van der Waals surface area (Å²) in [7, 11) is 0.